The number of hydrogen-bond donors (Lipinski definition) is 0. The molecule has 1 aromatic rings. The average molecular weight is 255 g/mol. The summed E-state index contributed by atoms with van der Waals surface area (Å²) in [5.74, 6) is 0.634. The van der Waals surface area contributed by atoms with Gasteiger partial charge in [0.2, 0.25) is 0 Å². The third-order valence-electron chi connectivity index (χ3n) is 2.36. The molecule has 0 aliphatic carbocycles. The smallest absolute Gasteiger partial charge is 0.313 e. The number of hydrogen-bond acceptors (Lipinski definition) is 4. The first-order valence-corrected chi connectivity index (χ1v) is 5.21. The minimum atomic E-state index is -0.226. The Hall–Kier alpha value is -1.62. The summed E-state index contributed by atoms with van der Waals surface area (Å²) in [5.41, 5.74) is -0.226. The van der Waals surface area contributed by atoms with E-state index < -0.39 is 0 Å². The van der Waals surface area contributed by atoms with Crippen LogP contribution in [0.2, 0.25) is 0 Å². The first kappa shape index (κ1) is 13.4. The molecule has 1 aliphatic rings. The summed E-state index contributed by atoms with van der Waals surface area (Å²) in [6.45, 7) is 4.41. The van der Waals surface area contributed by atoms with Crippen LogP contribution in [0.5, 0.6) is 0 Å². The molecule has 0 fully saturated rings. The molecule has 0 radical (unpaired) electrons. The monoisotopic (exact) mass is 254 g/mol. The van der Waals surface area contributed by atoms with E-state index in [1.807, 2.05) is 37.1 Å². The van der Waals surface area contributed by atoms with Crippen LogP contribution in [0.15, 0.2) is 34.3 Å². The zero-order valence-corrected chi connectivity index (χ0v) is 10.6. The van der Waals surface area contributed by atoms with E-state index in [2.05, 4.69) is 9.98 Å². The summed E-state index contributed by atoms with van der Waals surface area (Å²) in [6, 6.07) is 1.95. The molecule has 2 rings (SSSR count). The first-order valence-electron chi connectivity index (χ1n) is 5.21. The number of anilines is 1. The highest BCUT2D eigenvalue weighted by Crippen LogP contribution is 2.10. The van der Waals surface area contributed by atoms with Gasteiger partial charge in [0.05, 0.1) is 0 Å². The Labute approximate surface area is 106 Å². The van der Waals surface area contributed by atoms with Gasteiger partial charge in [0.25, 0.3) is 0 Å². The molecule has 6 heteroatoms. The van der Waals surface area contributed by atoms with Crippen molar-refractivity contribution in [2.45, 2.75) is 19.9 Å². The molecule has 1 aromatic heterocycles. The average Bonchev–Trinajstić information content (AvgIpc) is 2.29. The normalized spacial score (nSPS) is 13.9. The lowest BCUT2D eigenvalue weighted by Gasteiger charge is -2.19. The summed E-state index contributed by atoms with van der Waals surface area (Å²) < 4.78 is 1.60. The van der Waals surface area contributed by atoms with Gasteiger partial charge < -0.3 is 4.90 Å². The molecule has 5 nitrogen and oxygen atoms in total. The van der Waals surface area contributed by atoms with Crippen molar-refractivity contribution < 1.29 is 0 Å². The van der Waals surface area contributed by atoms with Crippen LogP contribution in [0, 0.1) is 0 Å². The molecule has 0 amide bonds. The predicted molar refractivity (Wildman–Crippen MR) is 71.1 cm³/mol. The van der Waals surface area contributed by atoms with Crippen LogP contribution in [-0.4, -0.2) is 22.4 Å². The van der Waals surface area contributed by atoms with Gasteiger partial charge in [-0.3, -0.25) is 9.56 Å². The Bertz CT molecular complexity index is 492. The molecule has 0 N–H and O–H groups in total. The van der Waals surface area contributed by atoms with Gasteiger partial charge in [0.15, 0.2) is 0 Å². The van der Waals surface area contributed by atoms with Crippen molar-refractivity contribution in [1.29, 1.82) is 0 Å². The van der Waals surface area contributed by atoms with E-state index in [0.717, 1.165) is 0 Å². The van der Waals surface area contributed by atoms with Crippen molar-refractivity contribution >= 4 is 24.4 Å². The molecule has 0 saturated carbocycles. The number of halogens is 1. The minimum absolute atomic E-state index is 0. The first-order chi connectivity index (χ1) is 7.68. The van der Waals surface area contributed by atoms with E-state index in [0.29, 0.717) is 12.5 Å². The summed E-state index contributed by atoms with van der Waals surface area (Å²) in [5, 5.41) is 0. The van der Waals surface area contributed by atoms with Gasteiger partial charge >= 0.3 is 5.69 Å². The molecule has 0 aromatic carbocycles. The van der Waals surface area contributed by atoms with Gasteiger partial charge in [-0.25, -0.2) is 4.79 Å². The maximum atomic E-state index is 11.7. The highest BCUT2D eigenvalue weighted by atomic mass is 35.5. The van der Waals surface area contributed by atoms with Crippen molar-refractivity contribution in [3.63, 3.8) is 0 Å². The van der Waals surface area contributed by atoms with Crippen LogP contribution in [-0.2, 0) is 0 Å². The maximum Gasteiger partial charge on any atom is 0.349 e. The third kappa shape index (κ3) is 2.94. The van der Waals surface area contributed by atoms with Crippen molar-refractivity contribution in [2.24, 2.45) is 4.99 Å². The quantitative estimate of drug-likeness (QED) is 0.806. The van der Waals surface area contributed by atoms with E-state index in [9.17, 15) is 4.79 Å². The largest absolute Gasteiger partial charge is 0.349 e. The molecule has 92 valence electrons. The lowest BCUT2D eigenvalue weighted by molar-refractivity contribution is 0.563. The Morgan fingerprint density at radius 3 is 2.71 bits per heavy atom. The van der Waals surface area contributed by atoms with Crippen LogP contribution >= 0.6 is 12.4 Å². The van der Waals surface area contributed by atoms with E-state index in [1.165, 1.54) is 0 Å². The Morgan fingerprint density at radius 1 is 1.41 bits per heavy atom. The van der Waals surface area contributed by atoms with Crippen LogP contribution in [0.1, 0.15) is 19.9 Å². The van der Waals surface area contributed by atoms with E-state index in [1.54, 1.807) is 17.0 Å². The van der Waals surface area contributed by atoms with E-state index in [4.69, 9.17) is 0 Å². The molecule has 0 atom stereocenters. The van der Waals surface area contributed by atoms with Crippen LogP contribution < -0.4 is 10.6 Å². The Morgan fingerprint density at radius 2 is 2.18 bits per heavy atom. The third-order valence-corrected chi connectivity index (χ3v) is 2.36. The van der Waals surface area contributed by atoms with Crippen molar-refractivity contribution in [2.75, 3.05) is 11.6 Å². The van der Waals surface area contributed by atoms with Crippen molar-refractivity contribution in [3.8, 4) is 0 Å². The second-order valence-corrected chi connectivity index (χ2v) is 3.85. The topological polar surface area (TPSA) is 50.5 Å². The molecule has 2 heterocycles. The van der Waals surface area contributed by atoms with E-state index >= 15 is 0 Å². The number of nitrogens with zero attached hydrogens (tertiary/aromatic N) is 4. The zero-order chi connectivity index (χ0) is 11.5. The van der Waals surface area contributed by atoms with Crippen LogP contribution in [0.4, 0.5) is 5.82 Å². The van der Waals surface area contributed by atoms with Gasteiger partial charge in [-0.15, -0.1) is 12.4 Å². The molecule has 0 saturated heterocycles. The maximum absolute atomic E-state index is 11.7. The molecule has 17 heavy (non-hydrogen) atoms. The summed E-state index contributed by atoms with van der Waals surface area (Å²) in [7, 11) is 0. The molecule has 0 bridgehead atoms. The fourth-order valence-electron chi connectivity index (χ4n) is 1.49. The van der Waals surface area contributed by atoms with Crippen molar-refractivity contribution in [1.82, 2.24) is 9.55 Å². The molecule has 1 aliphatic heterocycles. The predicted octanol–water partition coefficient (Wildman–Crippen LogP) is 1.61. The summed E-state index contributed by atoms with van der Waals surface area (Å²) in [4.78, 5) is 21.6. The number of rotatable bonds is 2. The minimum Gasteiger partial charge on any atom is -0.313 e. The zero-order valence-electron chi connectivity index (χ0n) is 9.78. The van der Waals surface area contributed by atoms with Gasteiger partial charge in [0, 0.05) is 24.7 Å². The Kier molecular flexibility index (Phi) is 4.45. The van der Waals surface area contributed by atoms with Crippen LogP contribution in [0.3, 0.4) is 0 Å². The second kappa shape index (κ2) is 5.63. The molecule has 0 unspecified atom stereocenters. The number of aromatic nitrogens is 2. The van der Waals surface area contributed by atoms with Gasteiger partial charge in [-0.05, 0) is 26.0 Å². The van der Waals surface area contributed by atoms with Gasteiger partial charge in [-0.2, -0.15) is 4.98 Å². The van der Waals surface area contributed by atoms with Gasteiger partial charge in [-0.1, -0.05) is 0 Å². The lowest BCUT2D eigenvalue weighted by atomic mass is 10.4. The summed E-state index contributed by atoms with van der Waals surface area (Å²) in [6.07, 6.45) is 7.17. The molecular formula is C11H15ClN4O. The highest BCUT2D eigenvalue weighted by molar-refractivity contribution is 5.85. The fraction of sp³-hybridized carbons (Fsp3) is 0.364. The number of aliphatic imine (C=N–C) groups is 1. The van der Waals surface area contributed by atoms with Crippen LogP contribution in [0.25, 0.3) is 0 Å². The standard InChI is InChI=1S/C11H14N4O.ClH/c1-9(2)15-7-4-10(13-11(15)16)14-6-3-5-12-8-14;/h3-7,9H,8H2,1-2H3;1H. The highest BCUT2D eigenvalue weighted by Gasteiger charge is 2.08. The lowest BCUT2D eigenvalue weighted by Crippen LogP contribution is -2.28. The fourth-order valence-corrected chi connectivity index (χ4v) is 1.49. The van der Waals surface area contributed by atoms with E-state index in [-0.39, 0.29) is 24.1 Å². The number of allylic oxidation sites excluding steroid dienone is 1. The molecule has 0 spiro atoms. The molecular weight excluding hydrogens is 240 g/mol. The van der Waals surface area contributed by atoms with Gasteiger partial charge in [0.1, 0.15) is 12.5 Å². The second-order valence-electron chi connectivity index (χ2n) is 3.85. The SMILES string of the molecule is CC(C)n1ccc(N2C=CC=NC2)nc1=O.Cl. The summed E-state index contributed by atoms with van der Waals surface area (Å²) >= 11 is 0. The van der Waals surface area contributed by atoms with Crippen molar-refractivity contribution in [3.05, 3.63) is 35.0 Å². The Balaban J connectivity index is 0.00000144.